The van der Waals surface area contributed by atoms with Crippen LogP contribution in [0.25, 0.3) is 11.4 Å². The third-order valence-corrected chi connectivity index (χ3v) is 3.87. The summed E-state index contributed by atoms with van der Waals surface area (Å²) in [4.78, 5) is 4.44. The van der Waals surface area contributed by atoms with E-state index in [1.54, 1.807) is 0 Å². The van der Waals surface area contributed by atoms with E-state index in [9.17, 15) is 0 Å². The summed E-state index contributed by atoms with van der Waals surface area (Å²) in [6, 6.07) is 7.95. The first-order chi connectivity index (χ1) is 9.28. The lowest BCUT2D eigenvalue weighted by Gasteiger charge is -2.11. The van der Waals surface area contributed by atoms with E-state index in [2.05, 4.69) is 15.5 Å². The standard InChI is InChI=1S/C14H16ClN3O/c1-16-12(9-6-7-9)8-13-17-14(18-19-13)10-4-2-3-5-11(10)15/h2-5,9,12,16H,6-8H2,1H3. The lowest BCUT2D eigenvalue weighted by Crippen LogP contribution is -2.29. The zero-order valence-corrected chi connectivity index (χ0v) is 11.5. The largest absolute Gasteiger partial charge is 0.339 e. The van der Waals surface area contributed by atoms with Crippen LogP contribution in [-0.2, 0) is 6.42 Å². The number of benzene rings is 1. The van der Waals surface area contributed by atoms with Crippen molar-refractivity contribution in [2.24, 2.45) is 5.92 Å². The molecule has 1 saturated carbocycles. The summed E-state index contributed by atoms with van der Waals surface area (Å²) in [7, 11) is 1.98. The van der Waals surface area contributed by atoms with Crippen LogP contribution in [0.2, 0.25) is 5.02 Å². The number of rotatable bonds is 5. The molecule has 2 aromatic rings. The number of halogens is 1. The van der Waals surface area contributed by atoms with E-state index in [4.69, 9.17) is 16.1 Å². The van der Waals surface area contributed by atoms with Crippen LogP contribution in [0.1, 0.15) is 18.7 Å². The molecule has 1 atom stereocenters. The van der Waals surface area contributed by atoms with Crippen LogP contribution in [0.4, 0.5) is 0 Å². The van der Waals surface area contributed by atoms with Gasteiger partial charge >= 0.3 is 0 Å². The SMILES string of the molecule is CNC(Cc1nc(-c2ccccc2Cl)no1)C1CC1. The van der Waals surface area contributed by atoms with Crippen LogP contribution >= 0.6 is 11.6 Å². The normalized spacial score (nSPS) is 16.5. The Bertz CT molecular complexity index is 565. The number of hydrogen-bond donors (Lipinski definition) is 1. The molecule has 4 nitrogen and oxygen atoms in total. The molecule has 1 heterocycles. The molecule has 0 bridgehead atoms. The van der Waals surface area contributed by atoms with E-state index in [0.717, 1.165) is 17.9 Å². The maximum Gasteiger partial charge on any atom is 0.228 e. The topological polar surface area (TPSA) is 51.0 Å². The van der Waals surface area contributed by atoms with Gasteiger partial charge in [-0.05, 0) is 37.9 Å². The van der Waals surface area contributed by atoms with Crippen LogP contribution in [0, 0.1) is 5.92 Å². The maximum atomic E-state index is 6.13. The lowest BCUT2D eigenvalue weighted by atomic mass is 10.1. The second-order valence-corrected chi connectivity index (χ2v) is 5.34. The zero-order chi connectivity index (χ0) is 13.2. The smallest absolute Gasteiger partial charge is 0.228 e. The number of hydrogen-bond acceptors (Lipinski definition) is 4. The highest BCUT2D eigenvalue weighted by molar-refractivity contribution is 6.33. The second kappa shape index (κ2) is 5.31. The van der Waals surface area contributed by atoms with Crippen LogP contribution in [-0.4, -0.2) is 23.2 Å². The fraction of sp³-hybridized carbons (Fsp3) is 0.429. The second-order valence-electron chi connectivity index (χ2n) is 4.93. The van der Waals surface area contributed by atoms with Gasteiger partial charge in [0.05, 0.1) is 5.02 Å². The average Bonchev–Trinajstić information content (AvgIpc) is 3.16. The Hall–Kier alpha value is -1.39. The van der Waals surface area contributed by atoms with Gasteiger partial charge < -0.3 is 9.84 Å². The molecule has 1 aliphatic rings. The van der Waals surface area contributed by atoms with Gasteiger partial charge in [-0.25, -0.2) is 0 Å². The molecule has 1 N–H and O–H groups in total. The monoisotopic (exact) mass is 277 g/mol. The molecule has 5 heteroatoms. The predicted molar refractivity (Wildman–Crippen MR) is 74.0 cm³/mol. The zero-order valence-electron chi connectivity index (χ0n) is 10.8. The summed E-state index contributed by atoms with van der Waals surface area (Å²) >= 11 is 6.13. The third kappa shape index (κ3) is 2.80. The first kappa shape index (κ1) is 12.6. The predicted octanol–water partition coefficient (Wildman–Crippen LogP) is 2.93. The highest BCUT2D eigenvalue weighted by atomic mass is 35.5. The Kier molecular flexibility index (Phi) is 3.53. The number of aromatic nitrogens is 2. The van der Waals surface area contributed by atoms with Gasteiger partial charge in [-0.1, -0.05) is 28.9 Å². The molecule has 0 aliphatic heterocycles. The summed E-state index contributed by atoms with van der Waals surface area (Å²) in [6.07, 6.45) is 3.35. The van der Waals surface area contributed by atoms with Crippen molar-refractivity contribution < 1.29 is 4.52 Å². The lowest BCUT2D eigenvalue weighted by molar-refractivity contribution is 0.352. The molecule has 1 fully saturated rings. The summed E-state index contributed by atoms with van der Waals surface area (Å²) in [5, 5.41) is 7.98. The molecular weight excluding hydrogens is 262 g/mol. The highest BCUT2D eigenvalue weighted by Crippen LogP contribution is 2.34. The molecule has 100 valence electrons. The van der Waals surface area contributed by atoms with E-state index < -0.39 is 0 Å². The third-order valence-electron chi connectivity index (χ3n) is 3.54. The van der Waals surface area contributed by atoms with Crippen molar-refractivity contribution in [3.63, 3.8) is 0 Å². The van der Waals surface area contributed by atoms with Crippen molar-refractivity contribution in [1.82, 2.24) is 15.5 Å². The fourth-order valence-corrected chi connectivity index (χ4v) is 2.50. The molecule has 0 saturated heterocycles. The van der Waals surface area contributed by atoms with Gasteiger partial charge in [0, 0.05) is 18.0 Å². The van der Waals surface area contributed by atoms with Crippen LogP contribution in [0.3, 0.4) is 0 Å². The van der Waals surface area contributed by atoms with Gasteiger partial charge in [-0.3, -0.25) is 0 Å². The maximum absolute atomic E-state index is 6.13. The van der Waals surface area contributed by atoms with Gasteiger partial charge in [-0.2, -0.15) is 4.98 Å². The van der Waals surface area contributed by atoms with Crippen LogP contribution in [0.5, 0.6) is 0 Å². The van der Waals surface area contributed by atoms with Crippen LogP contribution in [0.15, 0.2) is 28.8 Å². The van der Waals surface area contributed by atoms with E-state index in [0.29, 0.717) is 22.8 Å². The summed E-state index contributed by atoms with van der Waals surface area (Å²) in [6.45, 7) is 0. The van der Waals surface area contributed by atoms with E-state index >= 15 is 0 Å². The Morgan fingerprint density at radius 1 is 1.42 bits per heavy atom. The molecule has 0 radical (unpaired) electrons. The van der Waals surface area contributed by atoms with Crippen molar-refractivity contribution >= 4 is 11.6 Å². The first-order valence-corrected chi connectivity index (χ1v) is 6.90. The van der Waals surface area contributed by atoms with Crippen LogP contribution < -0.4 is 5.32 Å². The Balaban J connectivity index is 1.77. The average molecular weight is 278 g/mol. The minimum Gasteiger partial charge on any atom is -0.339 e. The number of likely N-dealkylation sites (N-methyl/N-ethyl adjacent to an activating group) is 1. The minimum atomic E-state index is 0.430. The van der Waals surface area contributed by atoms with E-state index in [1.807, 2.05) is 31.3 Å². The Labute approximate surface area is 117 Å². The van der Waals surface area contributed by atoms with Gasteiger partial charge in [0.25, 0.3) is 0 Å². The van der Waals surface area contributed by atoms with Crippen molar-refractivity contribution in [2.45, 2.75) is 25.3 Å². The van der Waals surface area contributed by atoms with Gasteiger partial charge in [0.2, 0.25) is 11.7 Å². The molecule has 1 unspecified atom stereocenters. The first-order valence-electron chi connectivity index (χ1n) is 6.52. The molecular formula is C14H16ClN3O. The Morgan fingerprint density at radius 3 is 2.89 bits per heavy atom. The van der Waals surface area contributed by atoms with Gasteiger partial charge in [0.15, 0.2) is 0 Å². The molecule has 1 aromatic heterocycles. The van der Waals surface area contributed by atoms with E-state index in [-0.39, 0.29) is 0 Å². The number of nitrogens with zero attached hydrogens (tertiary/aromatic N) is 2. The molecule has 3 rings (SSSR count). The molecule has 0 spiro atoms. The summed E-state index contributed by atoms with van der Waals surface area (Å²) < 4.78 is 5.32. The van der Waals surface area contributed by atoms with Crippen molar-refractivity contribution in [3.05, 3.63) is 35.2 Å². The van der Waals surface area contributed by atoms with Crippen molar-refractivity contribution in [1.29, 1.82) is 0 Å². The molecule has 1 aromatic carbocycles. The molecule has 1 aliphatic carbocycles. The fourth-order valence-electron chi connectivity index (χ4n) is 2.28. The Morgan fingerprint density at radius 2 is 2.21 bits per heavy atom. The molecule has 0 amide bonds. The minimum absolute atomic E-state index is 0.430. The molecule has 19 heavy (non-hydrogen) atoms. The number of nitrogens with one attached hydrogen (secondary N) is 1. The summed E-state index contributed by atoms with van der Waals surface area (Å²) in [5.41, 5.74) is 0.812. The van der Waals surface area contributed by atoms with Crippen molar-refractivity contribution in [2.75, 3.05) is 7.05 Å². The van der Waals surface area contributed by atoms with Gasteiger partial charge in [0.1, 0.15) is 0 Å². The quantitative estimate of drug-likeness (QED) is 0.913. The highest BCUT2D eigenvalue weighted by Gasteiger charge is 2.31. The van der Waals surface area contributed by atoms with Gasteiger partial charge in [-0.15, -0.1) is 0 Å². The van der Waals surface area contributed by atoms with Crippen molar-refractivity contribution in [3.8, 4) is 11.4 Å². The summed E-state index contributed by atoms with van der Waals surface area (Å²) in [5.74, 6) is 1.98. The van der Waals surface area contributed by atoms with E-state index in [1.165, 1.54) is 12.8 Å².